The molecule has 6 nitrogen and oxygen atoms in total. The lowest BCUT2D eigenvalue weighted by Gasteiger charge is -2.11. The molecule has 1 N–H and O–H groups in total. The van der Waals surface area contributed by atoms with Gasteiger partial charge in [0.25, 0.3) is 5.91 Å². The number of carboxylic acids is 1. The van der Waals surface area contributed by atoms with Gasteiger partial charge in [0.2, 0.25) is 0 Å². The topological polar surface area (TPSA) is 74.9 Å². The summed E-state index contributed by atoms with van der Waals surface area (Å²) in [5.41, 5.74) is 0.493. The fourth-order valence-corrected chi connectivity index (χ4v) is 1.54. The van der Waals surface area contributed by atoms with E-state index in [-0.39, 0.29) is 5.69 Å². The first kappa shape index (κ1) is 12.0. The van der Waals surface area contributed by atoms with Crippen LogP contribution in [-0.2, 0) is 4.79 Å². The van der Waals surface area contributed by atoms with E-state index in [0.717, 1.165) is 4.90 Å². The second kappa shape index (κ2) is 4.44. The number of nitrogens with zero attached hydrogens (tertiary/aromatic N) is 3. The smallest absolute Gasteiger partial charge is 0.323 e. The second-order valence-corrected chi connectivity index (χ2v) is 3.79. The van der Waals surface area contributed by atoms with Crippen LogP contribution < -0.4 is 0 Å². The van der Waals surface area contributed by atoms with Crippen LogP contribution in [0.5, 0.6) is 0 Å². The van der Waals surface area contributed by atoms with Crippen molar-refractivity contribution in [2.45, 2.75) is 0 Å². The van der Waals surface area contributed by atoms with Gasteiger partial charge in [0, 0.05) is 19.4 Å². The molecule has 0 aromatic carbocycles. The predicted octanol–water partition coefficient (Wildman–Crippen LogP) is 0.630. The van der Waals surface area contributed by atoms with Gasteiger partial charge < -0.3 is 14.4 Å². The van der Waals surface area contributed by atoms with Crippen molar-refractivity contribution in [2.75, 3.05) is 13.6 Å². The van der Waals surface area contributed by atoms with Gasteiger partial charge in [-0.05, 0) is 12.1 Å². The van der Waals surface area contributed by atoms with E-state index in [2.05, 4.69) is 4.98 Å². The van der Waals surface area contributed by atoms with Crippen LogP contribution in [0.4, 0.5) is 4.39 Å². The van der Waals surface area contributed by atoms with Crippen LogP contribution in [-0.4, -0.2) is 44.9 Å². The molecule has 0 radical (unpaired) electrons. The Labute approximate surface area is 101 Å². The number of hydrogen-bond acceptors (Lipinski definition) is 3. The molecular formula is C11H10FN3O3. The highest BCUT2D eigenvalue weighted by Gasteiger charge is 2.17. The van der Waals surface area contributed by atoms with Gasteiger partial charge in [0.1, 0.15) is 23.7 Å². The summed E-state index contributed by atoms with van der Waals surface area (Å²) in [6.07, 6.45) is 2.55. The maximum atomic E-state index is 13.0. The number of aromatic nitrogens is 2. The van der Waals surface area contributed by atoms with Crippen molar-refractivity contribution < 1.29 is 19.1 Å². The zero-order valence-electron chi connectivity index (χ0n) is 9.50. The summed E-state index contributed by atoms with van der Waals surface area (Å²) in [5.74, 6) is -2.08. The standard InChI is InChI=1S/C11H10FN3O3/c1-14(6-10(16)17)11(18)8-5-15-4-7(12)2-3-9(15)13-8/h2-5H,6H2,1H3,(H,16,17). The minimum absolute atomic E-state index is 0.0735. The summed E-state index contributed by atoms with van der Waals surface area (Å²) in [6, 6.07) is 2.67. The van der Waals surface area contributed by atoms with Crippen LogP contribution in [0.1, 0.15) is 10.5 Å². The minimum Gasteiger partial charge on any atom is -0.480 e. The molecule has 0 saturated heterocycles. The highest BCUT2D eigenvalue weighted by atomic mass is 19.1. The molecule has 0 aliphatic rings. The average molecular weight is 251 g/mol. The van der Waals surface area contributed by atoms with Gasteiger partial charge in [-0.15, -0.1) is 0 Å². The van der Waals surface area contributed by atoms with Gasteiger partial charge in [0.05, 0.1) is 0 Å². The van der Waals surface area contributed by atoms with Crippen molar-refractivity contribution in [1.29, 1.82) is 0 Å². The van der Waals surface area contributed by atoms with Crippen LogP contribution in [0, 0.1) is 5.82 Å². The third-order valence-electron chi connectivity index (χ3n) is 2.35. The highest BCUT2D eigenvalue weighted by Crippen LogP contribution is 2.08. The molecule has 18 heavy (non-hydrogen) atoms. The first-order valence-electron chi connectivity index (χ1n) is 5.09. The molecule has 0 aliphatic heterocycles. The summed E-state index contributed by atoms with van der Waals surface area (Å²) in [7, 11) is 1.36. The molecule has 0 unspecified atom stereocenters. The molecular weight excluding hydrogens is 241 g/mol. The molecule has 2 rings (SSSR count). The number of likely N-dealkylation sites (N-methyl/N-ethyl adjacent to an activating group) is 1. The molecule has 0 atom stereocenters. The number of carboxylic acid groups (broad SMARTS) is 1. The molecule has 94 valence electrons. The first-order chi connectivity index (χ1) is 8.47. The van der Waals surface area contributed by atoms with Crippen LogP contribution >= 0.6 is 0 Å². The lowest BCUT2D eigenvalue weighted by molar-refractivity contribution is -0.137. The lowest BCUT2D eigenvalue weighted by atomic mass is 10.4. The van der Waals surface area contributed by atoms with Crippen LogP contribution in [0.2, 0.25) is 0 Å². The van der Waals surface area contributed by atoms with E-state index in [1.54, 1.807) is 0 Å². The number of aliphatic carboxylic acids is 1. The number of imidazole rings is 1. The Morgan fingerprint density at radius 2 is 2.17 bits per heavy atom. The third-order valence-corrected chi connectivity index (χ3v) is 2.35. The van der Waals surface area contributed by atoms with Crippen molar-refractivity contribution >= 4 is 17.5 Å². The SMILES string of the molecule is CN(CC(=O)O)C(=O)c1cn2cc(F)ccc2n1. The molecule has 0 aliphatic carbocycles. The van der Waals surface area contributed by atoms with Crippen LogP contribution in [0.15, 0.2) is 24.5 Å². The largest absolute Gasteiger partial charge is 0.480 e. The lowest BCUT2D eigenvalue weighted by Crippen LogP contribution is -2.32. The van der Waals surface area contributed by atoms with E-state index in [1.165, 1.54) is 36.0 Å². The van der Waals surface area contributed by atoms with Crippen LogP contribution in [0.25, 0.3) is 5.65 Å². The minimum atomic E-state index is -1.11. The molecule has 0 saturated carbocycles. The number of fused-ring (bicyclic) bond motifs is 1. The maximum Gasteiger partial charge on any atom is 0.323 e. The van der Waals surface area contributed by atoms with Crippen molar-refractivity contribution in [3.63, 3.8) is 0 Å². The van der Waals surface area contributed by atoms with Gasteiger partial charge in [-0.25, -0.2) is 9.37 Å². The van der Waals surface area contributed by atoms with E-state index >= 15 is 0 Å². The van der Waals surface area contributed by atoms with E-state index in [1.807, 2.05) is 0 Å². The fourth-order valence-electron chi connectivity index (χ4n) is 1.54. The molecule has 0 fully saturated rings. The first-order valence-corrected chi connectivity index (χ1v) is 5.09. The fraction of sp³-hybridized carbons (Fsp3) is 0.182. The normalized spacial score (nSPS) is 10.6. The second-order valence-electron chi connectivity index (χ2n) is 3.79. The predicted molar refractivity (Wildman–Crippen MR) is 59.7 cm³/mol. The van der Waals surface area contributed by atoms with Crippen molar-refractivity contribution in [2.24, 2.45) is 0 Å². The molecule has 2 heterocycles. The zero-order valence-corrected chi connectivity index (χ0v) is 9.50. The molecule has 2 aromatic rings. The zero-order chi connectivity index (χ0) is 13.3. The molecule has 7 heteroatoms. The number of carbonyl (C=O) groups excluding carboxylic acids is 1. The third kappa shape index (κ3) is 2.29. The quantitative estimate of drug-likeness (QED) is 0.868. The van der Waals surface area contributed by atoms with Gasteiger partial charge in [0.15, 0.2) is 0 Å². The summed E-state index contributed by atoms with van der Waals surface area (Å²) in [6.45, 7) is -0.416. The van der Waals surface area contributed by atoms with Gasteiger partial charge >= 0.3 is 5.97 Å². The van der Waals surface area contributed by atoms with Crippen molar-refractivity contribution in [1.82, 2.24) is 14.3 Å². The Hall–Kier alpha value is -2.44. The Morgan fingerprint density at radius 3 is 2.83 bits per heavy atom. The number of carbonyl (C=O) groups is 2. The number of amides is 1. The van der Waals surface area contributed by atoms with Gasteiger partial charge in [-0.2, -0.15) is 0 Å². The van der Waals surface area contributed by atoms with Gasteiger partial charge in [-0.1, -0.05) is 0 Å². The highest BCUT2D eigenvalue weighted by molar-refractivity contribution is 5.94. The number of rotatable bonds is 3. The van der Waals surface area contributed by atoms with E-state index in [4.69, 9.17) is 5.11 Å². The number of pyridine rings is 1. The van der Waals surface area contributed by atoms with E-state index < -0.39 is 24.2 Å². The Morgan fingerprint density at radius 1 is 1.44 bits per heavy atom. The van der Waals surface area contributed by atoms with Crippen LogP contribution in [0.3, 0.4) is 0 Å². The molecule has 1 amide bonds. The summed E-state index contributed by atoms with van der Waals surface area (Å²) >= 11 is 0. The molecule has 2 aromatic heterocycles. The summed E-state index contributed by atoms with van der Waals surface area (Å²) < 4.78 is 14.3. The average Bonchev–Trinajstić information content (AvgIpc) is 2.69. The van der Waals surface area contributed by atoms with E-state index in [0.29, 0.717) is 5.65 Å². The van der Waals surface area contributed by atoms with Crippen molar-refractivity contribution in [3.8, 4) is 0 Å². The molecule has 0 bridgehead atoms. The van der Waals surface area contributed by atoms with E-state index in [9.17, 15) is 14.0 Å². The number of hydrogen-bond donors (Lipinski definition) is 1. The Kier molecular flexibility index (Phi) is 2.97. The van der Waals surface area contributed by atoms with Crippen molar-refractivity contribution in [3.05, 3.63) is 36.0 Å². The number of halogens is 1. The monoisotopic (exact) mass is 251 g/mol. The Bertz CT molecular complexity index is 623. The summed E-state index contributed by atoms with van der Waals surface area (Å²) in [4.78, 5) is 27.3. The Balaban J connectivity index is 2.30. The maximum absolute atomic E-state index is 13.0. The van der Waals surface area contributed by atoms with Gasteiger partial charge in [-0.3, -0.25) is 9.59 Å². The molecule has 0 spiro atoms. The summed E-state index contributed by atoms with van der Waals surface area (Å²) in [5, 5.41) is 8.59.